The van der Waals surface area contributed by atoms with Gasteiger partial charge in [0.2, 0.25) is 0 Å². The molecule has 2 rings (SSSR count). The third kappa shape index (κ3) is 2.78. The number of rotatable bonds is 3. The van der Waals surface area contributed by atoms with Crippen molar-refractivity contribution in [3.63, 3.8) is 0 Å². The Bertz CT molecular complexity index is 293. The highest BCUT2D eigenvalue weighted by Gasteiger charge is 2.37. The molecule has 2 aliphatic heterocycles. The molecule has 0 radical (unpaired) electrons. The molecule has 2 heterocycles. The smallest absolute Gasteiger partial charge is 0.338 e. The number of hydrogen-bond donors (Lipinski definition) is 1. The van der Waals surface area contributed by atoms with Crippen molar-refractivity contribution >= 4 is 5.97 Å². The van der Waals surface area contributed by atoms with Crippen molar-refractivity contribution < 1.29 is 14.6 Å². The highest BCUT2D eigenvalue weighted by atomic mass is 16.5. The summed E-state index contributed by atoms with van der Waals surface area (Å²) in [6.45, 7) is 6.01. The molecule has 0 aromatic carbocycles. The van der Waals surface area contributed by atoms with Crippen molar-refractivity contribution in [3.05, 3.63) is 0 Å². The SMILES string of the molecule is COC(=O)C(C)(O)CN1CCN2CCCC2C1. The van der Waals surface area contributed by atoms with Crippen LogP contribution in [-0.2, 0) is 9.53 Å². The number of ether oxygens (including phenoxy) is 1. The topological polar surface area (TPSA) is 53.0 Å². The molecule has 17 heavy (non-hydrogen) atoms. The predicted molar refractivity (Wildman–Crippen MR) is 63.7 cm³/mol. The van der Waals surface area contributed by atoms with Crippen LogP contribution >= 0.6 is 0 Å². The Morgan fingerprint density at radius 2 is 2.24 bits per heavy atom. The van der Waals surface area contributed by atoms with Crippen LogP contribution in [0.4, 0.5) is 0 Å². The molecular weight excluding hydrogens is 220 g/mol. The highest BCUT2D eigenvalue weighted by molar-refractivity contribution is 5.78. The molecule has 0 aliphatic carbocycles. The van der Waals surface area contributed by atoms with Gasteiger partial charge in [0.1, 0.15) is 0 Å². The molecule has 5 heteroatoms. The summed E-state index contributed by atoms with van der Waals surface area (Å²) in [5, 5.41) is 10.0. The van der Waals surface area contributed by atoms with Gasteiger partial charge >= 0.3 is 5.97 Å². The average Bonchev–Trinajstić information content (AvgIpc) is 2.74. The number of fused-ring (bicyclic) bond motifs is 1. The van der Waals surface area contributed by atoms with Crippen molar-refractivity contribution in [2.45, 2.75) is 31.4 Å². The Balaban J connectivity index is 1.89. The van der Waals surface area contributed by atoms with Gasteiger partial charge in [-0.15, -0.1) is 0 Å². The number of nitrogens with zero attached hydrogens (tertiary/aromatic N) is 2. The van der Waals surface area contributed by atoms with Gasteiger partial charge in [-0.05, 0) is 26.3 Å². The summed E-state index contributed by atoms with van der Waals surface area (Å²) in [4.78, 5) is 16.1. The normalized spacial score (nSPS) is 29.7. The van der Waals surface area contributed by atoms with Gasteiger partial charge in [-0.3, -0.25) is 9.80 Å². The van der Waals surface area contributed by atoms with Gasteiger partial charge in [0.15, 0.2) is 5.60 Å². The lowest BCUT2D eigenvalue weighted by Gasteiger charge is -2.39. The monoisotopic (exact) mass is 242 g/mol. The molecule has 2 fully saturated rings. The maximum Gasteiger partial charge on any atom is 0.338 e. The predicted octanol–water partition coefficient (Wildman–Crippen LogP) is -0.310. The van der Waals surface area contributed by atoms with E-state index in [1.807, 2.05) is 0 Å². The number of esters is 1. The quantitative estimate of drug-likeness (QED) is 0.688. The molecule has 0 aromatic rings. The van der Waals surface area contributed by atoms with E-state index in [1.165, 1.54) is 33.4 Å². The molecular formula is C12H22N2O3. The number of methoxy groups -OCH3 is 1. The zero-order valence-electron chi connectivity index (χ0n) is 10.7. The second kappa shape index (κ2) is 4.92. The molecule has 2 aliphatic rings. The fraction of sp³-hybridized carbons (Fsp3) is 0.917. The second-order valence-corrected chi connectivity index (χ2v) is 5.33. The second-order valence-electron chi connectivity index (χ2n) is 5.33. The van der Waals surface area contributed by atoms with E-state index in [9.17, 15) is 9.90 Å². The number of carbonyl (C=O) groups excluding carboxylic acids is 1. The Kier molecular flexibility index (Phi) is 3.70. The van der Waals surface area contributed by atoms with E-state index in [1.54, 1.807) is 0 Å². The van der Waals surface area contributed by atoms with Crippen LogP contribution < -0.4 is 0 Å². The molecule has 0 saturated carbocycles. The molecule has 0 aromatic heterocycles. The maximum atomic E-state index is 11.4. The summed E-state index contributed by atoms with van der Waals surface area (Å²) in [5.41, 5.74) is -1.39. The van der Waals surface area contributed by atoms with Crippen molar-refractivity contribution in [3.8, 4) is 0 Å². The minimum atomic E-state index is -1.39. The molecule has 2 atom stereocenters. The van der Waals surface area contributed by atoms with E-state index in [0.29, 0.717) is 12.6 Å². The van der Waals surface area contributed by atoms with Gasteiger partial charge in [-0.25, -0.2) is 4.79 Å². The first-order chi connectivity index (χ1) is 8.03. The molecule has 2 unspecified atom stereocenters. The van der Waals surface area contributed by atoms with E-state index in [2.05, 4.69) is 14.5 Å². The van der Waals surface area contributed by atoms with E-state index in [-0.39, 0.29) is 0 Å². The van der Waals surface area contributed by atoms with Gasteiger partial charge in [0.25, 0.3) is 0 Å². The fourth-order valence-electron chi connectivity index (χ4n) is 2.92. The van der Waals surface area contributed by atoms with Gasteiger partial charge in [-0.1, -0.05) is 0 Å². The number of aliphatic hydroxyl groups is 1. The largest absolute Gasteiger partial charge is 0.467 e. The van der Waals surface area contributed by atoms with Gasteiger partial charge < -0.3 is 9.84 Å². The van der Waals surface area contributed by atoms with Gasteiger partial charge in [0, 0.05) is 32.2 Å². The molecule has 0 bridgehead atoms. The third-order valence-corrected chi connectivity index (χ3v) is 3.83. The molecule has 2 saturated heterocycles. The molecule has 1 N–H and O–H groups in total. The lowest BCUT2D eigenvalue weighted by molar-refractivity contribution is -0.162. The summed E-state index contributed by atoms with van der Waals surface area (Å²) in [6.07, 6.45) is 2.50. The zero-order chi connectivity index (χ0) is 12.5. The van der Waals surface area contributed by atoms with Crippen molar-refractivity contribution in [1.29, 1.82) is 0 Å². The van der Waals surface area contributed by atoms with Crippen molar-refractivity contribution in [2.75, 3.05) is 39.8 Å². The Morgan fingerprint density at radius 1 is 1.47 bits per heavy atom. The molecule has 5 nitrogen and oxygen atoms in total. The van der Waals surface area contributed by atoms with Crippen LogP contribution in [0.5, 0.6) is 0 Å². The Morgan fingerprint density at radius 3 is 2.94 bits per heavy atom. The van der Waals surface area contributed by atoms with Crippen LogP contribution in [0.2, 0.25) is 0 Å². The minimum absolute atomic E-state index is 0.365. The van der Waals surface area contributed by atoms with Crippen molar-refractivity contribution in [2.24, 2.45) is 0 Å². The molecule has 98 valence electrons. The Labute approximate surface area is 102 Å². The van der Waals surface area contributed by atoms with E-state index in [0.717, 1.165) is 19.6 Å². The van der Waals surface area contributed by atoms with E-state index in [4.69, 9.17) is 0 Å². The summed E-state index contributed by atoms with van der Waals surface area (Å²) < 4.78 is 4.62. The van der Waals surface area contributed by atoms with Crippen molar-refractivity contribution in [1.82, 2.24) is 9.80 Å². The zero-order valence-corrected chi connectivity index (χ0v) is 10.7. The Hall–Kier alpha value is -0.650. The lowest BCUT2D eigenvalue weighted by Crippen LogP contribution is -2.55. The number of piperazine rings is 1. The van der Waals surface area contributed by atoms with Crippen LogP contribution in [-0.4, -0.2) is 72.4 Å². The highest BCUT2D eigenvalue weighted by Crippen LogP contribution is 2.22. The first-order valence-corrected chi connectivity index (χ1v) is 6.30. The third-order valence-electron chi connectivity index (χ3n) is 3.83. The van der Waals surface area contributed by atoms with Crippen LogP contribution in [0.25, 0.3) is 0 Å². The average molecular weight is 242 g/mol. The van der Waals surface area contributed by atoms with Crippen LogP contribution in [0.3, 0.4) is 0 Å². The molecule has 0 spiro atoms. The molecule has 0 amide bonds. The van der Waals surface area contributed by atoms with E-state index < -0.39 is 11.6 Å². The van der Waals surface area contributed by atoms with Gasteiger partial charge in [-0.2, -0.15) is 0 Å². The minimum Gasteiger partial charge on any atom is -0.467 e. The van der Waals surface area contributed by atoms with Crippen LogP contribution in [0, 0.1) is 0 Å². The number of carbonyl (C=O) groups is 1. The standard InChI is InChI=1S/C12H22N2O3/c1-12(16,11(15)17-2)9-13-6-7-14-5-3-4-10(14)8-13/h10,16H,3-9H2,1-2H3. The maximum absolute atomic E-state index is 11.4. The first-order valence-electron chi connectivity index (χ1n) is 6.30. The van der Waals surface area contributed by atoms with E-state index >= 15 is 0 Å². The van der Waals surface area contributed by atoms with Gasteiger partial charge in [0.05, 0.1) is 7.11 Å². The summed E-state index contributed by atoms with van der Waals surface area (Å²) in [7, 11) is 1.31. The lowest BCUT2D eigenvalue weighted by atomic mass is 10.0. The number of β-amino-alcohol motifs (C(OH)–C–C–N with tert-alkyl or cyclic N) is 1. The fourth-order valence-corrected chi connectivity index (χ4v) is 2.92. The van der Waals surface area contributed by atoms with Crippen LogP contribution in [0.15, 0.2) is 0 Å². The summed E-state index contributed by atoms with van der Waals surface area (Å²) in [5.74, 6) is -0.550. The summed E-state index contributed by atoms with van der Waals surface area (Å²) in [6, 6.07) is 0.609. The number of hydrogen-bond acceptors (Lipinski definition) is 5. The van der Waals surface area contributed by atoms with Crippen LogP contribution in [0.1, 0.15) is 19.8 Å². The summed E-state index contributed by atoms with van der Waals surface area (Å²) >= 11 is 0. The first kappa shape index (κ1) is 12.8.